The van der Waals surface area contributed by atoms with Gasteiger partial charge in [0.1, 0.15) is 0 Å². The van der Waals surface area contributed by atoms with Crippen molar-refractivity contribution in [1.82, 2.24) is 5.32 Å². The van der Waals surface area contributed by atoms with Gasteiger partial charge in [-0.3, -0.25) is 4.79 Å². The van der Waals surface area contributed by atoms with Crippen molar-refractivity contribution in [3.05, 3.63) is 89.4 Å². The molecule has 1 N–H and O–H groups in total. The maximum atomic E-state index is 12.6. The number of carbonyl (C=O) groups excluding carboxylic acids is 1. The van der Waals surface area contributed by atoms with Crippen LogP contribution >= 0.6 is 0 Å². The molecule has 0 aliphatic carbocycles. The molecule has 0 aliphatic rings. The number of sulfone groups is 1. The molecule has 0 bridgehead atoms. The van der Waals surface area contributed by atoms with Crippen LogP contribution in [0.15, 0.2) is 76.2 Å². The molecule has 3 rings (SSSR count). The van der Waals surface area contributed by atoms with E-state index in [-0.39, 0.29) is 22.8 Å². The Balaban J connectivity index is 1.60. The summed E-state index contributed by atoms with van der Waals surface area (Å²) in [6.07, 6.45) is -2.86. The number of carbonyl (C=O) groups is 1. The summed E-state index contributed by atoms with van der Waals surface area (Å²) in [4.78, 5) is 12.5. The number of hydrogen-bond donors (Lipinski definition) is 1. The number of benzene rings is 2. The van der Waals surface area contributed by atoms with Gasteiger partial charge in [0.15, 0.2) is 15.6 Å². The number of nitrogens with one attached hydrogen (secondary N) is 1. The van der Waals surface area contributed by atoms with E-state index in [9.17, 15) is 26.4 Å². The summed E-state index contributed by atoms with van der Waals surface area (Å²) in [6.45, 7) is 0.149. The van der Waals surface area contributed by atoms with E-state index in [1.807, 2.05) is 0 Å². The highest BCUT2D eigenvalue weighted by molar-refractivity contribution is 7.90. The predicted octanol–water partition coefficient (Wildman–Crippen LogP) is 4.24. The molecule has 0 fully saturated rings. The highest BCUT2D eigenvalue weighted by atomic mass is 32.2. The van der Waals surface area contributed by atoms with E-state index in [4.69, 9.17) is 4.42 Å². The van der Waals surface area contributed by atoms with Gasteiger partial charge in [-0.15, -0.1) is 0 Å². The third kappa shape index (κ3) is 5.29. The second-order valence-corrected chi connectivity index (χ2v) is 8.54. The molecule has 1 amide bonds. The van der Waals surface area contributed by atoms with Crippen LogP contribution in [0.1, 0.15) is 27.2 Å². The number of furan rings is 1. The molecule has 30 heavy (non-hydrogen) atoms. The molecule has 1 heterocycles. The summed E-state index contributed by atoms with van der Waals surface area (Å²) >= 11 is 0. The van der Waals surface area contributed by atoms with Crippen LogP contribution in [0.25, 0.3) is 0 Å². The van der Waals surface area contributed by atoms with Gasteiger partial charge in [-0.05, 0) is 42.3 Å². The van der Waals surface area contributed by atoms with Crippen LogP contribution in [0.4, 0.5) is 13.2 Å². The maximum Gasteiger partial charge on any atom is 0.416 e. The van der Waals surface area contributed by atoms with Gasteiger partial charge in [0.25, 0.3) is 5.91 Å². The number of rotatable bonds is 7. The highest BCUT2D eigenvalue weighted by Gasteiger charge is 2.29. The van der Waals surface area contributed by atoms with E-state index in [1.54, 1.807) is 18.2 Å². The minimum atomic E-state index is -4.40. The van der Waals surface area contributed by atoms with Gasteiger partial charge >= 0.3 is 6.18 Å². The summed E-state index contributed by atoms with van der Waals surface area (Å²) < 4.78 is 68.0. The van der Waals surface area contributed by atoms with Crippen LogP contribution < -0.4 is 5.32 Å². The molecule has 0 unspecified atom stereocenters. The Labute approximate surface area is 171 Å². The standard InChI is InChI=1S/C21H18F3NO4S/c22-21(23,24)17-8-6-15(7-9-17)10-12-25-20(26)19-16(11-13-29-19)14-30(27,28)18-4-2-1-3-5-18/h1-9,11,13H,10,12,14H2,(H,25,26). The molecule has 0 spiro atoms. The van der Waals surface area contributed by atoms with Crippen molar-refractivity contribution in [1.29, 1.82) is 0 Å². The molecule has 0 saturated carbocycles. The first kappa shape index (κ1) is 21.6. The Morgan fingerprint density at radius 2 is 1.63 bits per heavy atom. The predicted molar refractivity (Wildman–Crippen MR) is 104 cm³/mol. The summed E-state index contributed by atoms with van der Waals surface area (Å²) in [7, 11) is -3.65. The van der Waals surface area contributed by atoms with Crippen molar-refractivity contribution >= 4 is 15.7 Å². The first-order valence-electron chi connectivity index (χ1n) is 8.95. The number of hydrogen-bond acceptors (Lipinski definition) is 4. The first-order chi connectivity index (χ1) is 14.2. The van der Waals surface area contributed by atoms with Crippen molar-refractivity contribution < 1.29 is 30.8 Å². The van der Waals surface area contributed by atoms with Crippen LogP contribution in [-0.4, -0.2) is 20.9 Å². The summed E-state index contributed by atoms with van der Waals surface area (Å²) in [5, 5.41) is 2.59. The Morgan fingerprint density at radius 1 is 0.967 bits per heavy atom. The molecular weight excluding hydrogens is 419 g/mol. The minimum absolute atomic E-state index is 0.109. The Morgan fingerprint density at radius 3 is 2.27 bits per heavy atom. The fourth-order valence-electron chi connectivity index (χ4n) is 2.83. The van der Waals surface area contributed by atoms with E-state index >= 15 is 0 Å². The monoisotopic (exact) mass is 437 g/mol. The summed E-state index contributed by atoms with van der Waals surface area (Å²) in [5.41, 5.74) is 0.107. The summed E-state index contributed by atoms with van der Waals surface area (Å²) in [6, 6.07) is 13.9. The van der Waals surface area contributed by atoms with Gasteiger partial charge in [0.2, 0.25) is 0 Å². The van der Waals surface area contributed by atoms with E-state index in [1.165, 1.54) is 36.6 Å². The van der Waals surface area contributed by atoms with E-state index in [2.05, 4.69) is 5.32 Å². The minimum Gasteiger partial charge on any atom is -0.459 e. The van der Waals surface area contributed by atoms with Crippen molar-refractivity contribution in [2.24, 2.45) is 0 Å². The number of halogens is 3. The lowest BCUT2D eigenvalue weighted by Gasteiger charge is -2.08. The van der Waals surface area contributed by atoms with Gasteiger partial charge in [-0.1, -0.05) is 30.3 Å². The SMILES string of the molecule is O=C(NCCc1ccc(C(F)(F)F)cc1)c1occc1CS(=O)(=O)c1ccccc1. The van der Waals surface area contributed by atoms with E-state index in [0.29, 0.717) is 12.0 Å². The smallest absolute Gasteiger partial charge is 0.416 e. The van der Waals surface area contributed by atoms with E-state index < -0.39 is 33.2 Å². The van der Waals surface area contributed by atoms with Crippen LogP contribution in [0.3, 0.4) is 0 Å². The van der Waals surface area contributed by atoms with Gasteiger partial charge in [-0.2, -0.15) is 13.2 Å². The third-order valence-electron chi connectivity index (χ3n) is 4.38. The molecule has 9 heteroatoms. The fraction of sp³-hybridized carbons (Fsp3) is 0.190. The molecule has 3 aromatic rings. The Kier molecular flexibility index (Phi) is 6.31. The van der Waals surface area contributed by atoms with Gasteiger partial charge in [-0.25, -0.2) is 8.42 Å². The molecule has 158 valence electrons. The lowest BCUT2D eigenvalue weighted by molar-refractivity contribution is -0.137. The second-order valence-electron chi connectivity index (χ2n) is 6.55. The Hall–Kier alpha value is -3.07. The molecule has 0 atom stereocenters. The van der Waals surface area contributed by atoms with Crippen LogP contribution in [0.2, 0.25) is 0 Å². The average Bonchev–Trinajstić information content (AvgIpc) is 3.16. The zero-order chi connectivity index (χ0) is 21.8. The highest BCUT2D eigenvalue weighted by Crippen LogP contribution is 2.29. The fourth-order valence-corrected chi connectivity index (χ4v) is 4.20. The molecule has 2 aromatic carbocycles. The quantitative estimate of drug-likeness (QED) is 0.600. The zero-order valence-electron chi connectivity index (χ0n) is 15.6. The molecular formula is C21H18F3NO4S. The number of alkyl halides is 3. The lowest BCUT2D eigenvalue weighted by atomic mass is 10.1. The zero-order valence-corrected chi connectivity index (χ0v) is 16.5. The van der Waals surface area contributed by atoms with Crippen molar-refractivity contribution in [3.8, 4) is 0 Å². The normalized spacial score (nSPS) is 12.0. The van der Waals surface area contributed by atoms with Crippen LogP contribution in [0, 0.1) is 0 Å². The molecule has 0 aliphatic heterocycles. The van der Waals surface area contributed by atoms with E-state index in [0.717, 1.165) is 12.1 Å². The largest absolute Gasteiger partial charge is 0.459 e. The lowest BCUT2D eigenvalue weighted by Crippen LogP contribution is -2.26. The topological polar surface area (TPSA) is 76.4 Å². The third-order valence-corrected chi connectivity index (χ3v) is 6.06. The average molecular weight is 437 g/mol. The first-order valence-corrected chi connectivity index (χ1v) is 10.6. The van der Waals surface area contributed by atoms with Crippen molar-refractivity contribution in [2.45, 2.75) is 23.2 Å². The van der Waals surface area contributed by atoms with Crippen molar-refractivity contribution in [3.63, 3.8) is 0 Å². The number of amides is 1. The maximum absolute atomic E-state index is 12.6. The summed E-state index contributed by atoms with van der Waals surface area (Å²) in [5.74, 6) is -1.10. The van der Waals surface area contributed by atoms with Crippen molar-refractivity contribution in [2.75, 3.05) is 6.54 Å². The van der Waals surface area contributed by atoms with Gasteiger partial charge in [0.05, 0.1) is 22.5 Å². The molecule has 0 radical (unpaired) electrons. The Bertz CT molecular complexity index is 1110. The van der Waals surface area contributed by atoms with Crippen LogP contribution in [-0.2, 0) is 28.2 Å². The molecule has 0 saturated heterocycles. The van der Waals surface area contributed by atoms with Gasteiger partial charge in [0, 0.05) is 12.1 Å². The second kappa shape index (κ2) is 8.74. The molecule has 1 aromatic heterocycles. The van der Waals surface area contributed by atoms with Crippen LogP contribution in [0.5, 0.6) is 0 Å². The van der Waals surface area contributed by atoms with Gasteiger partial charge < -0.3 is 9.73 Å². The molecule has 5 nitrogen and oxygen atoms in total.